The summed E-state index contributed by atoms with van der Waals surface area (Å²) in [5.74, 6) is -3.57. The van der Waals surface area contributed by atoms with Crippen molar-refractivity contribution in [2.24, 2.45) is 17.6 Å². The molecule has 1 aromatic carbocycles. The third-order valence-electron chi connectivity index (χ3n) is 13.5. The van der Waals surface area contributed by atoms with E-state index in [1.807, 2.05) is 46.6 Å². The standard InChI is InChI=1S/C56H91N11O14S/c1-9-20-67(55(75)50(38(6)11-3)63-53(74)44-14-12-13-21-66(44)8)45(37(4)5)32-46(80-22-10-2)54-62-43(36-82-54)52(73)61-41(31-40-15-17-42(68)18-16-40)30-39(7)51(72)64-65-56(76)81-29-28-79-27-26-78-25-24-77-23-19-58-48(70)34-60-49(71)35-59-47(69)33-57/h15-18,36,38-39,41,44-46,50,68H,4,9-14,19-35,57H2,1-3,5-8H3,(H,58,70)(H,59,69)(H,60,71)(H,61,73)(H,63,74)(H,64,72)(H,65,76). The fourth-order valence-corrected chi connectivity index (χ4v) is 9.60. The van der Waals surface area contributed by atoms with Gasteiger partial charge in [0.2, 0.25) is 35.4 Å². The Morgan fingerprint density at radius 3 is 2.10 bits per heavy atom. The number of aromatic hydroxyl groups is 1. The molecule has 7 atom stereocenters. The highest BCUT2D eigenvalue weighted by Crippen LogP contribution is 2.32. The number of benzene rings is 1. The molecule has 2 heterocycles. The van der Waals surface area contributed by atoms with Crippen LogP contribution in [0, 0.1) is 11.8 Å². The topological polar surface area (TPSA) is 333 Å². The van der Waals surface area contributed by atoms with Gasteiger partial charge in [0, 0.05) is 43.5 Å². The first-order valence-corrected chi connectivity index (χ1v) is 29.3. The molecule has 0 bridgehead atoms. The smallest absolute Gasteiger partial charge is 0.426 e. The van der Waals surface area contributed by atoms with Crippen LogP contribution in [0.2, 0.25) is 0 Å². The average molecular weight is 1170 g/mol. The van der Waals surface area contributed by atoms with Crippen molar-refractivity contribution in [3.63, 3.8) is 0 Å². The second kappa shape index (κ2) is 39.2. The van der Waals surface area contributed by atoms with E-state index in [1.54, 1.807) is 24.4 Å². The third-order valence-corrected chi connectivity index (χ3v) is 14.4. The van der Waals surface area contributed by atoms with Crippen molar-refractivity contribution in [2.45, 2.75) is 130 Å². The molecule has 8 amide bonds. The van der Waals surface area contributed by atoms with Gasteiger partial charge in [-0.15, -0.1) is 11.3 Å². The lowest BCUT2D eigenvalue weighted by Gasteiger charge is -2.39. The van der Waals surface area contributed by atoms with Crippen molar-refractivity contribution >= 4 is 58.8 Å². The molecular weight excluding hydrogens is 1080 g/mol. The number of nitrogens with one attached hydrogen (secondary N) is 7. The maximum atomic E-state index is 14.8. The molecule has 0 radical (unpaired) electrons. The number of carbonyl (C=O) groups is 8. The number of piperidine rings is 1. The zero-order valence-electron chi connectivity index (χ0n) is 49.0. The molecule has 2 aromatic rings. The van der Waals surface area contributed by atoms with Crippen molar-refractivity contribution in [3.8, 4) is 5.75 Å². The number of rotatable bonds is 39. The van der Waals surface area contributed by atoms with E-state index in [0.29, 0.717) is 50.3 Å². The molecule has 26 heteroatoms. The number of phenolic OH excluding ortho intramolecular Hbond substituents is 1. The quantitative estimate of drug-likeness (QED) is 0.0264. The number of ether oxygens (including phenoxy) is 5. The normalized spacial score (nSPS) is 15.5. The highest BCUT2D eigenvalue weighted by atomic mass is 32.1. The number of nitrogens with two attached hydrogens (primary N) is 1. The zero-order chi connectivity index (χ0) is 60.4. The van der Waals surface area contributed by atoms with Gasteiger partial charge in [-0.1, -0.05) is 71.7 Å². The second-order valence-corrected chi connectivity index (χ2v) is 21.2. The van der Waals surface area contributed by atoms with E-state index in [0.717, 1.165) is 36.9 Å². The van der Waals surface area contributed by atoms with Crippen molar-refractivity contribution in [1.29, 1.82) is 0 Å². The van der Waals surface area contributed by atoms with E-state index in [2.05, 4.69) is 48.9 Å². The molecular formula is C56H91N11O14S. The van der Waals surface area contributed by atoms with Gasteiger partial charge in [0.15, 0.2) is 0 Å². The van der Waals surface area contributed by atoms with Crippen LogP contribution in [0.5, 0.6) is 5.75 Å². The Balaban J connectivity index is 1.52. The predicted octanol–water partition coefficient (Wildman–Crippen LogP) is 2.39. The number of aromatic nitrogens is 1. The van der Waals surface area contributed by atoms with Crippen LogP contribution in [-0.4, -0.2) is 191 Å². The molecule has 25 nitrogen and oxygen atoms in total. The summed E-state index contributed by atoms with van der Waals surface area (Å²) in [6, 6.07) is 4.39. The molecule has 1 fully saturated rings. The van der Waals surface area contributed by atoms with E-state index in [1.165, 1.54) is 23.5 Å². The van der Waals surface area contributed by atoms with Crippen molar-refractivity contribution < 1.29 is 67.1 Å². The van der Waals surface area contributed by atoms with Crippen LogP contribution in [0.1, 0.15) is 120 Å². The number of hydrogen-bond donors (Lipinski definition) is 9. The van der Waals surface area contributed by atoms with Gasteiger partial charge in [-0.3, -0.25) is 43.9 Å². The largest absolute Gasteiger partial charge is 0.508 e. The summed E-state index contributed by atoms with van der Waals surface area (Å²) in [6.45, 7) is 18.0. The number of hydrogen-bond acceptors (Lipinski definition) is 18. The fraction of sp³-hybridized carbons (Fsp3) is 0.661. The lowest BCUT2D eigenvalue weighted by molar-refractivity contribution is -0.141. The molecule has 1 saturated heterocycles. The molecule has 10 N–H and O–H groups in total. The molecule has 0 spiro atoms. The van der Waals surface area contributed by atoms with Gasteiger partial charge in [0.05, 0.1) is 71.4 Å². The van der Waals surface area contributed by atoms with Gasteiger partial charge in [0.25, 0.3) is 5.91 Å². The van der Waals surface area contributed by atoms with Gasteiger partial charge >= 0.3 is 6.09 Å². The Hall–Kier alpha value is -6.29. The van der Waals surface area contributed by atoms with Crippen LogP contribution >= 0.6 is 11.3 Å². The maximum absolute atomic E-state index is 14.8. The van der Waals surface area contributed by atoms with Gasteiger partial charge in [-0.25, -0.2) is 15.2 Å². The Morgan fingerprint density at radius 2 is 1.48 bits per heavy atom. The Morgan fingerprint density at radius 1 is 0.829 bits per heavy atom. The number of nitrogens with zero attached hydrogens (tertiary/aromatic N) is 3. The fourth-order valence-electron chi connectivity index (χ4n) is 8.74. The highest BCUT2D eigenvalue weighted by molar-refractivity contribution is 7.09. The Bertz CT molecular complexity index is 2310. The monoisotopic (exact) mass is 1170 g/mol. The molecule has 1 aliphatic heterocycles. The minimum atomic E-state index is -0.914. The van der Waals surface area contributed by atoms with Crippen molar-refractivity contribution in [1.82, 2.24) is 52.2 Å². The summed E-state index contributed by atoms with van der Waals surface area (Å²) in [5.41, 5.74) is 11.4. The number of hydrazine groups is 1. The first-order chi connectivity index (χ1) is 39.3. The average Bonchev–Trinajstić information content (AvgIpc) is 4.03. The third kappa shape index (κ3) is 26.3. The van der Waals surface area contributed by atoms with Crippen LogP contribution in [0.3, 0.4) is 0 Å². The van der Waals surface area contributed by atoms with Crippen molar-refractivity contribution in [2.75, 3.05) is 99.2 Å². The zero-order valence-corrected chi connectivity index (χ0v) is 49.8. The van der Waals surface area contributed by atoms with E-state index < -0.39 is 65.8 Å². The van der Waals surface area contributed by atoms with Gasteiger partial charge < -0.3 is 66.0 Å². The number of likely N-dealkylation sites (tertiary alicyclic amines) is 1. The first kappa shape index (κ1) is 70.0. The lowest BCUT2D eigenvalue weighted by atomic mass is 9.93. The van der Waals surface area contributed by atoms with E-state index in [4.69, 9.17) is 34.4 Å². The van der Waals surface area contributed by atoms with E-state index >= 15 is 0 Å². The van der Waals surface area contributed by atoms with Gasteiger partial charge in [-0.2, -0.15) is 0 Å². The molecule has 82 heavy (non-hydrogen) atoms. The summed E-state index contributed by atoms with van der Waals surface area (Å²) >= 11 is 1.26. The minimum absolute atomic E-state index is 0.0544. The van der Waals surface area contributed by atoms with Gasteiger partial charge in [-0.05, 0) is 82.7 Å². The molecule has 3 rings (SSSR count). The second-order valence-electron chi connectivity index (χ2n) is 20.3. The predicted molar refractivity (Wildman–Crippen MR) is 308 cm³/mol. The molecule has 1 aromatic heterocycles. The molecule has 0 aliphatic carbocycles. The summed E-state index contributed by atoms with van der Waals surface area (Å²) in [6.07, 6.45) is 4.00. The molecule has 7 unspecified atom stereocenters. The SMILES string of the molecule is C=C(C)C(CC(OCCC)c1nc(C(=O)NC(Cc2ccc(O)cc2)CC(C)C(=O)NNC(=O)OCCOCCOCCOCCNC(=O)CNC(=O)CNC(=O)CN)cs1)N(CCC)C(=O)C(NC(=O)C1CCCCN1C)C(C)CC. The van der Waals surface area contributed by atoms with Crippen LogP contribution in [0.25, 0.3) is 0 Å². The van der Waals surface area contributed by atoms with Crippen LogP contribution in [-0.2, 0) is 58.9 Å². The minimum Gasteiger partial charge on any atom is -0.508 e. The Kier molecular flexibility index (Phi) is 33.5. The van der Waals surface area contributed by atoms with Crippen LogP contribution < -0.4 is 43.2 Å². The Labute approximate surface area is 486 Å². The lowest BCUT2D eigenvalue weighted by Crippen LogP contribution is -2.58. The summed E-state index contributed by atoms with van der Waals surface area (Å²) in [4.78, 5) is 111. The maximum Gasteiger partial charge on any atom is 0.426 e. The number of likely N-dealkylation sites (N-methyl/N-ethyl adjacent to an activating group) is 1. The van der Waals surface area contributed by atoms with Crippen LogP contribution in [0.4, 0.5) is 4.79 Å². The highest BCUT2D eigenvalue weighted by Gasteiger charge is 2.38. The van der Waals surface area contributed by atoms with Crippen LogP contribution in [0.15, 0.2) is 41.8 Å². The first-order valence-electron chi connectivity index (χ1n) is 28.4. The summed E-state index contributed by atoms with van der Waals surface area (Å²) in [5, 5.41) is 25.6. The summed E-state index contributed by atoms with van der Waals surface area (Å²) in [7, 11) is 1.95. The van der Waals surface area contributed by atoms with E-state index in [-0.39, 0.29) is 114 Å². The number of thiazole rings is 1. The molecule has 460 valence electrons. The summed E-state index contributed by atoms with van der Waals surface area (Å²) < 4.78 is 27.8. The number of carbonyl (C=O) groups excluding carboxylic acids is 8. The number of phenols is 1. The number of amides is 8. The molecule has 1 aliphatic rings. The van der Waals surface area contributed by atoms with Crippen molar-refractivity contribution in [3.05, 3.63) is 58.1 Å². The van der Waals surface area contributed by atoms with Gasteiger partial charge in [0.1, 0.15) is 35.2 Å². The van der Waals surface area contributed by atoms with E-state index in [9.17, 15) is 43.5 Å². The molecule has 0 saturated carbocycles.